The van der Waals surface area contributed by atoms with Crippen molar-refractivity contribution in [1.82, 2.24) is 0 Å². The lowest BCUT2D eigenvalue weighted by Gasteiger charge is -2.21. The standard InChI is InChI=1S/C22H37FO4/c1-4-5-10-16(2)20(24)14-13-18-17(19(23)15-21(18)25)11-8-6-7-9-12-22(26)27-3/h9,12-14,16-21,24-25H,4-8,10-11,15H2,1-3H3/t16?,17-,18-,19-,20-,21-/m1/s1. The van der Waals surface area contributed by atoms with E-state index in [4.69, 9.17) is 0 Å². The van der Waals surface area contributed by atoms with Crippen LogP contribution >= 0.6 is 0 Å². The van der Waals surface area contributed by atoms with E-state index in [9.17, 15) is 19.4 Å². The second kappa shape index (κ2) is 13.1. The number of halogens is 1. The molecule has 0 saturated heterocycles. The van der Waals surface area contributed by atoms with E-state index in [0.717, 1.165) is 38.5 Å². The Bertz CT molecular complexity index is 477. The first-order valence-corrected chi connectivity index (χ1v) is 10.3. The molecule has 156 valence electrons. The van der Waals surface area contributed by atoms with Crippen LogP contribution in [0, 0.1) is 17.8 Å². The molecular formula is C22H37FO4. The predicted molar refractivity (Wildman–Crippen MR) is 106 cm³/mol. The van der Waals surface area contributed by atoms with Crippen LogP contribution in [0.5, 0.6) is 0 Å². The summed E-state index contributed by atoms with van der Waals surface area (Å²) in [5.74, 6) is -0.645. The molecule has 0 spiro atoms. The molecule has 0 aromatic rings. The number of methoxy groups -OCH3 is 1. The number of aliphatic hydroxyl groups is 2. The van der Waals surface area contributed by atoms with Gasteiger partial charge in [-0.05, 0) is 37.5 Å². The maximum absolute atomic E-state index is 14.3. The van der Waals surface area contributed by atoms with Crippen LogP contribution in [0.1, 0.15) is 65.2 Å². The van der Waals surface area contributed by atoms with Crippen molar-refractivity contribution in [2.24, 2.45) is 17.8 Å². The highest BCUT2D eigenvalue weighted by molar-refractivity contribution is 5.81. The third kappa shape index (κ3) is 8.56. The van der Waals surface area contributed by atoms with Gasteiger partial charge < -0.3 is 14.9 Å². The molecule has 1 rings (SSSR count). The van der Waals surface area contributed by atoms with Crippen LogP contribution in [0.2, 0.25) is 0 Å². The monoisotopic (exact) mass is 384 g/mol. The van der Waals surface area contributed by atoms with Gasteiger partial charge in [-0.25, -0.2) is 9.18 Å². The fourth-order valence-corrected chi connectivity index (χ4v) is 3.75. The van der Waals surface area contributed by atoms with Gasteiger partial charge in [-0.2, -0.15) is 0 Å². The van der Waals surface area contributed by atoms with Crippen LogP contribution in [0.15, 0.2) is 24.3 Å². The molecule has 0 aliphatic heterocycles. The molecule has 4 nitrogen and oxygen atoms in total. The Balaban J connectivity index is 2.48. The van der Waals surface area contributed by atoms with Crippen molar-refractivity contribution in [2.45, 2.75) is 83.6 Å². The van der Waals surface area contributed by atoms with E-state index in [0.29, 0.717) is 6.42 Å². The number of esters is 1. The zero-order valence-corrected chi connectivity index (χ0v) is 17.0. The van der Waals surface area contributed by atoms with Crippen molar-refractivity contribution in [2.75, 3.05) is 7.11 Å². The summed E-state index contributed by atoms with van der Waals surface area (Å²) in [5, 5.41) is 20.5. The first-order valence-electron chi connectivity index (χ1n) is 10.3. The molecule has 1 unspecified atom stereocenters. The van der Waals surface area contributed by atoms with Crippen LogP contribution in [0.25, 0.3) is 0 Å². The molecule has 1 fully saturated rings. The minimum Gasteiger partial charge on any atom is -0.466 e. The Morgan fingerprint density at radius 3 is 2.74 bits per heavy atom. The second-order valence-corrected chi connectivity index (χ2v) is 7.77. The van der Waals surface area contributed by atoms with Crippen molar-refractivity contribution in [3.8, 4) is 0 Å². The normalized spacial score (nSPS) is 28.1. The molecular weight excluding hydrogens is 347 g/mol. The molecule has 0 heterocycles. The van der Waals surface area contributed by atoms with Gasteiger partial charge in [0.2, 0.25) is 0 Å². The van der Waals surface area contributed by atoms with Gasteiger partial charge in [0.25, 0.3) is 0 Å². The highest BCUT2D eigenvalue weighted by atomic mass is 19.1. The maximum atomic E-state index is 14.3. The highest BCUT2D eigenvalue weighted by Crippen LogP contribution is 2.39. The van der Waals surface area contributed by atoms with Crippen molar-refractivity contribution in [1.29, 1.82) is 0 Å². The van der Waals surface area contributed by atoms with Crippen LogP contribution < -0.4 is 0 Å². The summed E-state index contributed by atoms with van der Waals surface area (Å²) in [6.07, 6.45) is 11.0. The van der Waals surface area contributed by atoms with E-state index >= 15 is 0 Å². The Kier molecular flexibility index (Phi) is 11.5. The Morgan fingerprint density at radius 1 is 1.33 bits per heavy atom. The lowest BCUT2D eigenvalue weighted by Crippen LogP contribution is -2.21. The summed E-state index contributed by atoms with van der Waals surface area (Å²) in [6.45, 7) is 4.15. The van der Waals surface area contributed by atoms with Gasteiger partial charge in [-0.1, -0.05) is 51.3 Å². The van der Waals surface area contributed by atoms with Crippen LogP contribution in [-0.4, -0.2) is 41.7 Å². The molecule has 6 atom stereocenters. The van der Waals surface area contributed by atoms with Gasteiger partial charge in [-0.15, -0.1) is 0 Å². The fourth-order valence-electron chi connectivity index (χ4n) is 3.75. The molecule has 1 aliphatic rings. The summed E-state index contributed by atoms with van der Waals surface area (Å²) in [4.78, 5) is 11.0. The molecule has 0 aromatic heterocycles. The topological polar surface area (TPSA) is 66.8 Å². The zero-order chi connectivity index (χ0) is 20.2. The number of carbonyl (C=O) groups is 1. The van der Waals surface area contributed by atoms with Crippen molar-refractivity contribution >= 4 is 5.97 Å². The number of rotatable bonds is 12. The largest absolute Gasteiger partial charge is 0.466 e. The molecule has 0 amide bonds. The Hall–Kier alpha value is -1.20. The molecule has 27 heavy (non-hydrogen) atoms. The quantitative estimate of drug-likeness (QED) is 0.227. The van der Waals surface area contributed by atoms with Crippen molar-refractivity contribution in [3.05, 3.63) is 24.3 Å². The van der Waals surface area contributed by atoms with Gasteiger partial charge in [0.05, 0.1) is 19.3 Å². The number of aliphatic hydroxyl groups excluding tert-OH is 2. The minimum atomic E-state index is -1.00. The fraction of sp³-hybridized carbons (Fsp3) is 0.773. The minimum absolute atomic E-state index is 0.168. The first kappa shape index (κ1) is 23.8. The molecule has 5 heteroatoms. The predicted octanol–water partition coefficient (Wildman–Crippen LogP) is 4.35. The average molecular weight is 385 g/mol. The average Bonchev–Trinajstić information content (AvgIpc) is 2.92. The smallest absolute Gasteiger partial charge is 0.330 e. The maximum Gasteiger partial charge on any atom is 0.330 e. The number of hydrogen-bond donors (Lipinski definition) is 2. The number of alkyl halides is 1. The van der Waals surface area contributed by atoms with Crippen LogP contribution in [-0.2, 0) is 9.53 Å². The summed E-state index contributed by atoms with van der Waals surface area (Å²) in [5.41, 5.74) is 0. The summed E-state index contributed by atoms with van der Waals surface area (Å²) in [6, 6.07) is 0. The SMILES string of the molecule is CCCCC(C)[C@H](O)C=C[C@@H]1[C@@H](CCCCC=CC(=O)OC)[C@H](F)C[C@H]1O. The van der Waals surface area contributed by atoms with E-state index in [1.807, 2.05) is 13.0 Å². The Labute approximate surface area is 163 Å². The first-order chi connectivity index (χ1) is 12.9. The lowest BCUT2D eigenvalue weighted by atomic mass is 9.87. The van der Waals surface area contributed by atoms with E-state index in [2.05, 4.69) is 11.7 Å². The van der Waals surface area contributed by atoms with Gasteiger partial charge in [0, 0.05) is 18.4 Å². The van der Waals surface area contributed by atoms with E-state index in [1.165, 1.54) is 13.2 Å². The molecule has 0 bridgehead atoms. The third-order valence-electron chi connectivity index (χ3n) is 5.61. The van der Waals surface area contributed by atoms with E-state index in [1.54, 1.807) is 12.2 Å². The van der Waals surface area contributed by atoms with Gasteiger partial charge in [0.15, 0.2) is 0 Å². The molecule has 0 aromatic carbocycles. The van der Waals surface area contributed by atoms with E-state index in [-0.39, 0.29) is 30.1 Å². The summed E-state index contributed by atoms with van der Waals surface area (Å²) < 4.78 is 18.9. The van der Waals surface area contributed by atoms with E-state index < -0.39 is 18.4 Å². The zero-order valence-electron chi connectivity index (χ0n) is 17.0. The summed E-state index contributed by atoms with van der Waals surface area (Å²) >= 11 is 0. The van der Waals surface area contributed by atoms with Gasteiger partial charge >= 0.3 is 5.97 Å². The molecule has 2 N–H and O–H groups in total. The van der Waals surface area contributed by atoms with Crippen LogP contribution in [0.3, 0.4) is 0 Å². The Morgan fingerprint density at radius 2 is 2.07 bits per heavy atom. The summed E-state index contributed by atoms with van der Waals surface area (Å²) in [7, 11) is 1.34. The number of unbranched alkanes of at least 4 members (excludes halogenated alkanes) is 3. The number of hydrogen-bond acceptors (Lipinski definition) is 4. The number of allylic oxidation sites excluding steroid dienone is 1. The second-order valence-electron chi connectivity index (χ2n) is 7.77. The van der Waals surface area contributed by atoms with Crippen LogP contribution in [0.4, 0.5) is 4.39 Å². The van der Waals surface area contributed by atoms with Crippen molar-refractivity contribution in [3.63, 3.8) is 0 Å². The third-order valence-corrected chi connectivity index (χ3v) is 5.61. The number of ether oxygens (including phenoxy) is 1. The van der Waals surface area contributed by atoms with Gasteiger partial charge in [-0.3, -0.25) is 0 Å². The molecule has 0 radical (unpaired) electrons. The lowest BCUT2D eigenvalue weighted by molar-refractivity contribution is -0.134. The number of carbonyl (C=O) groups excluding carboxylic acids is 1. The molecule has 1 saturated carbocycles. The molecule has 1 aliphatic carbocycles. The van der Waals surface area contributed by atoms with Gasteiger partial charge in [0.1, 0.15) is 6.17 Å². The van der Waals surface area contributed by atoms with Crippen molar-refractivity contribution < 1.29 is 24.1 Å². The highest BCUT2D eigenvalue weighted by Gasteiger charge is 2.40.